The Kier molecular flexibility index (Phi) is 2.76. The van der Waals surface area contributed by atoms with Gasteiger partial charge >= 0.3 is 0 Å². The molecule has 0 bridgehead atoms. The largest absolute Gasteiger partial charge is 0.159 e. The lowest BCUT2D eigenvalue weighted by atomic mass is 9.98. The van der Waals surface area contributed by atoms with Crippen LogP contribution in [0.15, 0.2) is 0 Å². The van der Waals surface area contributed by atoms with Gasteiger partial charge in [-0.05, 0) is 42.8 Å². The van der Waals surface area contributed by atoms with Crippen LogP contribution in [0.3, 0.4) is 0 Å². The average Bonchev–Trinajstić information content (AvgIpc) is 2.51. The van der Waals surface area contributed by atoms with Crippen LogP contribution in [0.1, 0.15) is 32.6 Å². The second kappa shape index (κ2) is 3.53. The fourth-order valence-electron chi connectivity index (χ4n) is 2.33. The highest BCUT2D eigenvalue weighted by Crippen LogP contribution is 2.58. The van der Waals surface area contributed by atoms with Crippen molar-refractivity contribution in [1.82, 2.24) is 0 Å². The molecule has 2 heteroatoms. The minimum Gasteiger partial charge on any atom is -0.159 e. The summed E-state index contributed by atoms with van der Waals surface area (Å²) in [5.74, 6) is 2.40. The predicted octanol–water partition coefficient (Wildman–Crippen LogP) is 3.69. The maximum Gasteiger partial charge on any atom is 0.00910 e. The molecular formula is C10H17BrS. The van der Waals surface area contributed by atoms with Crippen LogP contribution in [0.5, 0.6) is 0 Å². The third-order valence-corrected chi connectivity index (χ3v) is 6.04. The Hall–Kier alpha value is 0.830. The van der Waals surface area contributed by atoms with Gasteiger partial charge in [0.15, 0.2) is 0 Å². The van der Waals surface area contributed by atoms with Crippen molar-refractivity contribution in [3.8, 4) is 0 Å². The van der Waals surface area contributed by atoms with Crippen molar-refractivity contribution >= 4 is 27.7 Å². The molecule has 2 aliphatic rings. The van der Waals surface area contributed by atoms with E-state index in [0.717, 1.165) is 11.2 Å². The number of rotatable bonds is 3. The van der Waals surface area contributed by atoms with Gasteiger partial charge in [0.25, 0.3) is 0 Å². The Morgan fingerprint density at radius 3 is 2.75 bits per heavy atom. The average molecular weight is 249 g/mol. The maximum atomic E-state index is 3.67. The Morgan fingerprint density at radius 2 is 2.33 bits per heavy atom. The molecule has 70 valence electrons. The zero-order valence-electron chi connectivity index (χ0n) is 7.68. The molecule has 2 fully saturated rings. The van der Waals surface area contributed by atoms with Gasteiger partial charge in [-0.25, -0.2) is 0 Å². The van der Waals surface area contributed by atoms with Crippen LogP contribution < -0.4 is 0 Å². The van der Waals surface area contributed by atoms with Crippen LogP contribution in [0.4, 0.5) is 0 Å². The molecule has 2 rings (SSSR count). The molecular weight excluding hydrogens is 232 g/mol. The fourth-order valence-corrected chi connectivity index (χ4v) is 4.80. The minimum atomic E-state index is 0.710. The van der Waals surface area contributed by atoms with Gasteiger partial charge in [0.2, 0.25) is 0 Å². The van der Waals surface area contributed by atoms with E-state index < -0.39 is 0 Å². The highest BCUT2D eigenvalue weighted by Gasteiger charge is 2.50. The summed E-state index contributed by atoms with van der Waals surface area (Å²) >= 11 is 5.88. The van der Waals surface area contributed by atoms with Gasteiger partial charge < -0.3 is 0 Å². The molecule has 1 aliphatic heterocycles. The van der Waals surface area contributed by atoms with Crippen LogP contribution >= 0.6 is 27.7 Å². The fraction of sp³-hybridized carbons (Fsp3) is 1.00. The SMILES string of the molecule is CC1CC1(CBr)CC1CCCS1. The molecule has 0 nitrogen and oxygen atoms in total. The lowest BCUT2D eigenvalue weighted by Gasteiger charge is -2.17. The van der Waals surface area contributed by atoms with E-state index in [2.05, 4.69) is 34.6 Å². The summed E-state index contributed by atoms with van der Waals surface area (Å²) in [4.78, 5) is 0. The Bertz CT molecular complexity index is 161. The van der Waals surface area contributed by atoms with Crippen molar-refractivity contribution in [3.63, 3.8) is 0 Å². The van der Waals surface area contributed by atoms with Gasteiger partial charge in [-0.15, -0.1) is 0 Å². The van der Waals surface area contributed by atoms with Gasteiger partial charge in [-0.3, -0.25) is 0 Å². The minimum absolute atomic E-state index is 0.710. The van der Waals surface area contributed by atoms with Crippen molar-refractivity contribution < 1.29 is 0 Å². The van der Waals surface area contributed by atoms with Crippen molar-refractivity contribution in [2.75, 3.05) is 11.1 Å². The van der Waals surface area contributed by atoms with Crippen LogP contribution in [-0.2, 0) is 0 Å². The Balaban J connectivity index is 1.85. The lowest BCUT2D eigenvalue weighted by molar-refractivity contribution is 0.472. The summed E-state index contributed by atoms with van der Waals surface area (Å²) in [5, 5.41) is 2.23. The summed E-state index contributed by atoms with van der Waals surface area (Å²) in [6.45, 7) is 2.40. The van der Waals surface area contributed by atoms with E-state index in [-0.39, 0.29) is 0 Å². The number of hydrogen-bond donors (Lipinski definition) is 0. The van der Waals surface area contributed by atoms with E-state index in [1.165, 1.54) is 36.8 Å². The Labute approximate surface area is 88.0 Å². The summed E-state index contributed by atoms with van der Waals surface area (Å²) in [6, 6.07) is 0. The molecule has 1 saturated heterocycles. The lowest BCUT2D eigenvalue weighted by Crippen LogP contribution is -2.12. The van der Waals surface area contributed by atoms with E-state index >= 15 is 0 Å². The molecule has 0 amide bonds. The standard InChI is InChI=1S/C10H17BrS/c1-8-5-10(8,7-11)6-9-3-2-4-12-9/h8-9H,2-7H2,1H3. The molecule has 0 spiro atoms. The van der Waals surface area contributed by atoms with Crippen molar-refractivity contribution in [1.29, 1.82) is 0 Å². The van der Waals surface area contributed by atoms with E-state index in [4.69, 9.17) is 0 Å². The zero-order chi connectivity index (χ0) is 8.60. The molecule has 1 saturated carbocycles. The first-order valence-electron chi connectivity index (χ1n) is 4.94. The van der Waals surface area contributed by atoms with E-state index in [0.29, 0.717) is 5.41 Å². The van der Waals surface area contributed by atoms with Gasteiger partial charge in [-0.2, -0.15) is 11.8 Å². The number of thioether (sulfide) groups is 1. The Morgan fingerprint density at radius 1 is 1.58 bits per heavy atom. The molecule has 1 heterocycles. The quantitative estimate of drug-likeness (QED) is 0.687. The van der Waals surface area contributed by atoms with Gasteiger partial charge in [-0.1, -0.05) is 22.9 Å². The molecule has 3 unspecified atom stereocenters. The molecule has 12 heavy (non-hydrogen) atoms. The van der Waals surface area contributed by atoms with E-state index in [1.54, 1.807) is 0 Å². The summed E-state index contributed by atoms with van der Waals surface area (Å²) in [7, 11) is 0. The van der Waals surface area contributed by atoms with Gasteiger partial charge in [0.05, 0.1) is 0 Å². The number of hydrogen-bond acceptors (Lipinski definition) is 1. The normalized spacial score (nSPS) is 46.5. The maximum absolute atomic E-state index is 3.67. The predicted molar refractivity (Wildman–Crippen MR) is 60.1 cm³/mol. The van der Waals surface area contributed by atoms with Crippen molar-refractivity contribution in [2.24, 2.45) is 11.3 Å². The van der Waals surface area contributed by atoms with Crippen molar-refractivity contribution in [2.45, 2.75) is 37.9 Å². The topological polar surface area (TPSA) is 0 Å². The van der Waals surface area contributed by atoms with Gasteiger partial charge in [0, 0.05) is 10.6 Å². The van der Waals surface area contributed by atoms with E-state index in [9.17, 15) is 0 Å². The molecule has 3 atom stereocenters. The van der Waals surface area contributed by atoms with Crippen LogP contribution in [0.2, 0.25) is 0 Å². The highest BCUT2D eigenvalue weighted by molar-refractivity contribution is 9.09. The first kappa shape index (κ1) is 9.39. The van der Waals surface area contributed by atoms with E-state index in [1.807, 2.05) is 0 Å². The van der Waals surface area contributed by atoms with Gasteiger partial charge in [0.1, 0.15) is 0 Å². The number of halogens is 1. The molecule has 0 aromatic heterocycles. The second-order valence-corrected chi connectivity index (χ2v) is 6.41. The highest BCUT2D eigenvalue weighted by atomic mass is 79.9. The monoisotopic (exact) mass is 248 g/mol. The smallest absolute Gasteiger partial charge is 0.00910 e. The van der Waals surface area contributed by atoms with Crippen LogP contribution in [0.25, 0.3) is 0 Å². The molecule has 0 N–H and O–H groups in total. The van der Waals surface area contributed by atoms with Crippen molar-refractivity contribution in [3.05, 3.63) is 0 Å². The number of alkyl halides is 1. The second-order valence-electron chi connectivity index (χ2n) is 4.44. The van der Waals surface area contributed by atoms with Crippen LogP contribution in [0, 0.1) is 11.3 Å². The summed E-state index contributed by atoms with van der Waals surface area (Å²) in [5.41, 5.74) is 0.710. The first-order chi connectivity index (χ1) is 5.77. The summed E-state index contributed by atoms with van der Waals surface area (Å²) < 4.78 is 0. The molecule has 0 aromatic rings. The first-order valence-corrected chi connectivity index (χ1v) is 7.11. The molecule has 0 aromatic carbocycles. The van der Waals surface area contributed by atoms with Crippen LogP contribution in [-0.4, -0.2) is 16.3 Å². The summed E-state index contributed by atoms with van der Waals surface area (Å²) in [6.07, 6.45) is 5.88. The molecule has 0 radical (unpaired) electrons. The molecule has 1 aliphatic carbocycles. The zero-order valence-corrected chi connectivity index (χ0v) is 10.1. The third-order valence-electron chi connectivity index (χ3n) is 3.52. The third kappa shape index (κ3) is 1.70.